The van der Waals surface area contributed by atoms with Gasteiger partial charge in [-0.2, -0.15) is 0 Å². The van der Waals surface area contributed by atoms with Crippen LogP contribution in [0.1, 0.15) is 44.2 Å². The van der Waals surface area contributed by atoms with E-state index in [1.807, 2.05) is 47.1 Å². The monoisotopic (exact) mass is 542 g/mol. The van der Waals surface area contributed by atoms with Crippen LogP contribution in [0.2, 0.25) is 5.02 Å². The van der Waals surface area contributed by atoms with Crippen molar-refractivity contribution in [2.45, 2.75) is 52.6 Å². The molecule has 0 saturated carbocycles. The molecule has 0 aliphatic carbocycles. The highest BCUT2D eigenvalue weighted by Gasteiger charge is 2.31. The summed E-state index contributed by atoms with van der Waals surface area (Å²) < 4.78 is 13.2. The molecular weight excluding hydrogens is 503 g/mol. The van der Waals surface area contributed by atoms with Crippen molar-refractivity contribution in [2.75, 3.05) is 50.7 Å². The molecule has 2 aromatic carbocycles. The summed E-state index contributed by atoms with van der Waals surface area (Å²) in [7, 11) is 0. The van der Waals surface area contributed by atoms with E-state index in [2.05, 4.69) is 16.7 Å². The number of carbonyl (C=O) groups is 2. The Balaban J connectivity index is 1.34. The smallest absolute Gasteiger partial charge is 0.230 e. The second-order valence-corrected chi connectivity index (χ2v) is 11.2. The van der Waals surface area contributed by atoms with Gasteiger partial charge >= 0.3 is 0 Å². The third-order valence-corrected chi connectivity index (χ3v) is 8.43. The average Bonchev–Trinajstić information content (AvgIpc) is 2.90. The van der Waals surface area contributed by atoms with Gasteiger partial charge in [0.1, 0.15) is 5.82 Å². The van der Waals surface area contributed by atoms with Crippen molar-refractivity contribution in [1.82, 2.24) is 14.7 Å². The van der Waals surface area contributed by atoms with E-state index < -0.39 is 0 Å². The Morgan fingerprint density at radius 2 is 1.76 bits per heavy atom. The Kier molecular flexibility index (Phi) is 9.80. The van der Waals surface area contributed by atoms with Gasteiger partial charge in [0.2, 0.25) is 11.8 Å². The molecule has 2 aromatic rings. The first-order chi connectivity index (χ1) is 18.2. The van der Waals surface area contributed by atoms with Crippen molar-refractivity contribution >= 4 is 29.1 Å². The Bertz CT molecular complexity index is 1100. The molecule has 6 nitrogen and oxygen atoms in total. The number of hydrogen-bond acceptors (Lipinski definition) is 4. The number of anilines is 1. The third-order valence-electron chi connectivity index (χ3n) is 8.02. The Morgan fingerprint density at radius 1 is 1.05 bits per heavy atom. The second-order valence-electron chi connectivity index (χ2n) is 10.8. The highest BCUT2D eigenvalue weighted by Crippen LogP contribution is 2.28. The van der Waals surface area contributed by atoms with Crippen molar-refractivity contribution in [3.63, 3.8) is 0 Å². The molecule has 2 fully saturated rings. The van der Waals surface area contributed by atoms with Crippen molar-refractivity contribution in [3.05, 3.63) is 64.4 Å². The summed E-state index contributed by atoms with van der Waals surface area (Å²) in [6.45, 7) is 12.3. The minimum absolute atomic E-state index is 0.0740. The number of amides is 2. The molecular formula is C30H40ClFN4O2. The molecule has 0 aromatic heterocycles. The number of benzene rings is 2. The fraction of sp³-hybridized carbons (Fsp3) is 0.533. The van der Waals surface area contributed by atoms with E-state index in [4.69, 9.17) is 11.6 Å². The van der Waals surface area contributed by atoms with Gasteiger partial charge in [-0.25, -0.2) is 4.39 Å². The van der Waals surface area contributed by atoms with Gasteiger partial charge in [-0.1, -0.05) is 29.8 Å². The van der Waals surface area contributed by atoms with Gasteiger partial charge in [-0.15, -0.1) is 0 Å². The lowest BCUT2D eigenvalue weighted by atomic mass is 9.94. The first kappa shape index (κ1) is 28.5. The summed E-state index contributed by atoms with van der Waals surface area (Å²) in [6, 6.07) is 13.0. The van der Waals surface area contributed by atoms with Crippen LogP contribution >= 0.6 is 11.6 Å². The highest BCUT2D eigenvalue weighted by molar-refractivity contribution is 6.31. The lowest BCUT2D eigenvalue weighted by Crippen LogP contribution is -2.52. The van der Waals surface area contributed by atoms with Gasteiger partial charge in [-0.05, 0) is 68.5 Å². The van der Waals surface area contributed by atoms with Crippen molar-refractivity contribution in [2.24, 2.45) is 5.92 Å². The van der Waals surface area contributed by atoms with Crippen LogP contribution in [0.25, 0.3) is 0 Å². The highest BCUT2D eigenvalue weighted by atomic mass is 35.5. The molecule has 2 heterocycles. The van der Waals surface area contributed by atoms with Crippen LogP contribution in [0.5, 0.6) is 0 Å². The van der Waals surface area contributed by atoms with Crippen molar-refractivity contribution in [1.29, 1.82) is 0 Å². The first-order valence-electron chi connectivity index (χ1n) is 13.7. The van der Waals surface area contributed by atoms with Crippen LogP contribution in [0, 0.1) is 18.7 Å². The fourth-order valence-corrected chi connectivity index (χ4v) is 5.78. The largest absolute Gasteiger partial charge is 0.343 e. The minimum atomic E-state index is -0.200. The van der Waals surface area contributed by atoms with Crippen molar-refractivity contribution < 1.29 is 14.0 Å². The van der Waals surface area contributed by atoms with E-state index >= 15 is 0 Å². The molecule has 0 N–H and O–H groups in total. The van der Waals surface area contributed by atoms with Gasteiger partial charge in [0, 0.05) is 82.0 Å². The molecule has 0 radical (unpaired) electrons. The van der Waals surface area contributed by atoms with E-state index in [1.165, 1.54) is 12.1 Å². The standard InChI is InChI=1S/C30H40ClFN4O2/c1-22-5-10-28(19-29(22)31)36(30(38)26-11-15-35(16-12-26)24(3)37)14-4-13-34-18-17-33(20-23(34)2)21-25-6-8-27(32)9-7-25/h5-10,19,23,26H,4,11-18,20-21H2,1-3H3/t23-/m0/s1. The number of aryl methyl sites for hydroxylation is 1. The number of rotatable bonds is 8. The molecule has 8 heteroatoms. The number of hydrogen-bond donors (Lipinski definition) is 0. The van der Waals surface area contributed by atoms with Gasteiger partial charge in [-0.3, -0.25) is 19.4 Å². The Labute approximate surface area is 231 Å². The second kappa shape index (κ2) is 13.0. The van der Waals surface area contributed by atoms with Crippen LogP contribution in [-0.4, -0.2) is 78.4 Å². The number of carbonyl (C=O) groups excluding carboxylic acids is 2. The summed E-state index contributed by atoms with van der Waals surface area (Å²) >= 11 is 6.44. The zero-order valence-electron chi connectivity index (χ0n) is 22.8. The minimum Gasteiger partial charge on any atom is -0.343 e. The van der Waals surface area contributed by atoms with Gasteiger partial charge in [0.15, 0.2) is 0 Å². The van der Waals surface area contributed by atoms with E-state index in [9.17, 15) is 14.0 Å². The summed E-state index contributed by atoms with van der Waals surface area (Å²) in [4.78, 5) is 34.1. The molecule has 0 spiro atoms. The number of piperidine rings is 1. The van der Waals surface area contributed by atoms with E-state index in [0.717, 1.165) is 56.0 Å². The molecule has 2 aliphatic heterocycles. The quantitative estimate of drug-likeness (QED) is 0.472. The predicted octanol–water partition coefficient (Wildman–Crippen LogP) is 4.98. The van der Waals surface area contributed by atoms with Gasteiger partial charge in [0.25, 0.3) is 0 Å². The molecule has 2 aliphatic rings. The summed E-state index contributed by atoms with van der Waals surface area (Å²) in [5.74, 6) is -0.0799. The zero-order chi connectivity index (χ0) is 27.2. The summed E-state index contributed by atoms with van der Waals surface area (Å²) in [6.07, 6.45) is 2.26. The normalized spacial score (nSPS) is 19.5. The molecule has 0 unspecified atom stereocenters. The number of halogens is 2. The SMILES string of the molecule is CC(=O)N1CCC(C(=O)N(CCCN2CCN(Cc3ccc(F)cc3)C[C@@H]2C)c2ccc(C)c(Cl)c2)CC1. The molecule has 2 amide bonds. The third kappa shape index (κ3) is 7.33. The topological polar surface area (TPSA) is 47.1 Å². The lowest BCUT2D eigenvalue weighted by Gasteiger charge is -2.40. The molecule has 2 saturated heterocycles. The van der Waals surface area contributed by atoms with Gasteiger partial charge in [0.05, 0.1) is 0 Å². The predicted molar refractivity (Wildman–Crippen MR) is 151 cm³/mol. The maximum Gasteiger partial charge on any atom is 0.230 e. The first-order valence-corrected chi connectivity index (χ1v) is 14.1. The van der Waals surface area contributed by atoms with Crippen molar-refractivity contribution in [3.8, 4) is 0 Å². The lowest BCUT2D eigenvalue weighted by molar-refractivity contribution is -0.133. The summed E-state index contributed by atoms with van der Waals surface area (Å²) in [5, 5.41) is 0.664. The Hall–Kier alpha value is -2.48. The maximum atomic E-state index is 13.7. The Morgan fingerprint density at radius 3 is 2.39 bits per heavy atom. The number of likely N-dealkylation sites (tertiary alicyclic amines) is 1. The molecule has 4 rings (SSSR count). The number of nitrogens with zero attached hydrogens (tertiary/aromatic N) is 4. The molecule has 1 atom stereocenters. The molecule has 0 bridgehead atoms. The van der Waals surface area contributed by atoms with E-state index in [-0.39, 0.29) is 23.5 Å². The van der Waals surface area contributed by atoms with Gasteiger partial charge < -0.3 is 9.80 Å². The van der Waals surface area contributed by atoms with E-state index in [1.54, 1.807) is 6.92 Å². The van der Waals surface area contributed by atoms with Crippen LogP contribution in [-0.2, 0) is 16.1 Å². The molecule has 206 valence electrons. The van der Waals surface area contributed by atoms with Crippen LogP contribution in [0.3, 0.4) is 0 Å². The summed E-state index contributed by atoms with van der Waals surface area (Å²) in [5.41, 5.74) is 2.97. The van der Waals surface area contributed by atoms with E-state index in [0.29, 0.717) is 43.5 Å². The number of piperazine rings is 1. The zero-order valence-corrected chi connectivity index (χ0v) is 23.6. The fourth-order valence-electron chi connectivity index (χ4n) is 5.60. The van der Waals surface area contributed by atoms with Crippen LogP contribution in [0.15, 0.2) is 42.5 Å². The maximum absolute atomic E-state index is 13.7. The van der Waals surface area contributed by atoms with Crippen LogP contribution < -0.4 is 4.90 Å². The van der Waals surface area contributed by atoms with Crippen LogP contribution in [0.4, 0.5) is 10.1 Å². The molecule has 38 heavy (non-hydrogen) atoms. The average molecular weight is 543 g/mol.